The minimum absolute atomic E-state index is 0.112. The van der Waals surface area contributed by atoms with Crippen molar-refractivity contribution in [3.05, 3.63) is 24.2 Å². The SMILES string of the molecule is C#N.CC(C)(CC(=O)O)CC(=O)O.Nc1ncnn2c(C3CCC(COC(=O)OCCN4CCOCC4)O3)ccc12. The number of hydrogen-bond donors (Lipinski definition) is 3. The van der Waals surface area contributed by atoms with E-state index in [-0.39, 0.29) is 31.7 Å². The van der Waals surface area contributed by atoms with E-state index in [2.05, 4.69) is 21.6 Å². The smallest absolute Gasteiger partial charge is 0.481 e. The molecule has 4 N–H and O–H groups in total. The summed E-state index contributed by atoms with van der Waals surface area (Å²) in [5.74, 6) is -1.49. The fourth-order valence-electron chi connectivity index (χ4n) is 4.43. The van der Waals surface area contributed by atoms with Crippen LogP contribution in [0.4, 0.5) is 10.6 Å². The van der Waals surface area contributed by atoms with Crippen molar-refractivity contribution in [2.75, 3.05) is 51.8 Å². The van der Waals surface area contributed by atoms with Crippen molar-refractivity contribution in [3.8, 4) is 6.57 Å². The maximum absolute atomic E-state index is 11.8. The fraction of sp³-hybridized carbons (Fsp3) is 0.615. The van der Waals surface area contributed by atoms with Gasteiger partial charge in [0.05, 0.1) is 37.9 Å². The van der Waals surface area contributed by atoms with Crippen LogP contribution in [0.3, 0.4) is 0 Å². The molecule has 2 fully saturated rings. The van der Waals surface area contributed by atoms with E-state index in [1.165, 1.54) is 6.33 Å². The highest BCUT2D eigenvalue weighted by atomic mass is 16.7. The molecule has 0 saturated carbocycles. The summed E-state index contributed by atoms with van der Waals surface area (Å²) in [7, 11) is 0. The Balaban J connectivity index is 0.000000384. The summed E-state index contributed by atoms with van der Waals surface area (Å²) >= 11 is 0. The third-order valence-electron chi connectivity index (χ3n) is 6.33. The van der Waals surface area contributed by atoms with Crippen LogP contribution < -0.4 is 5.73 Å². The molecule has 0 amide bonds. The number of morpholine rings is 1. The number of carbonyl (C=O) groups excluding carboxylic acids is 1. The second-order valence-corrected chi connectivity index (χ2v) is 10.2. The summed E-state index contributed by atoms with van der Waals surface area (Å²) in [6, 6.07) is 3.82. The van der Waals surface area contributed by atoms with Gasteiger partial charge in [0, 0.05) is 26.2 Å². The minimum Gasteiger partial charge on any atom is -0.481 e. The molecule has 226 valence electrons. The van der Waals surface area contributed by atoms with Crippen LogP contribution in [0.5, 0.6) is 0 Å². The second-order valence-electron chi connectivity index (χ2n) is 10.2. The van der Waals surface area contributed by atoms with E-state index in [1.54, 1.807) is 18.4 Å². The van der Waals surface area contributed by atoms with Gasteiger partial charge in [-0.3, -0.25) is 14.5 Å². The molecule has 2 aliphatic rings. The van der Waals surface area contributed by atoms with Crippen LogP contribution in [0.2, 0.25) is 0 Å². The molecule has 4 heterocycles. The number of rotatable bonds is 10. The first-order chi connectivity index (χ1) is 19.5. The lowest BCUT2D eigenvalue weighted by atomic mass is 9.86. The maximum atomic E-state index is 11.8. The molecule has 4 rings (SSSR count). The molecule has 2 aromatic heterocycles. The molecular formula is C26H38N6O9. The van der Waals surface area contributed by atoms with Gasteiger partial charge in [-0.2, -0.15) is 5.10 Å². The van der Waals surface area contributed by atoms with Gasteiger partial charge in [0.2, 0.25) is 0 Å². The van der Waals surface area contributed by atoms with Crippen molar-refractivity contribution in [3.63, 3.8) is 0 Å². The number of nitrogens with two attached hydrogens (primary N) is 1. The van der Waals surface area contributed by atoms with Crippen molar-refractivity contribution >= 4 is 29.4 Å². The number of carbonyl (C=O) groups is 3. The molecule has 2 aromatic rings. The fourth-order valence-corrected chi connectivity index (χ4v) is 4.43. The van der Waals surface area contributed by atoms with E-state index in [1.807, 2.05) is 12.1 Å². The van der Waals surface area contributed by atoms with E-state index in [4.69, 9.17) is 40.2 Å². The Hall–Kier alpha value is -4.00. The molecule has 2 aliphatic heterocycles. The topological polar surface area (TPSA) is 212 Å². The van der Waals surface area contributed by atoms with Crippen LogP contribution in [0.1, 0.15) is 51.3 Å². The van der Waals surface area contributed by atoms with Crippen molar-refractivity contribution in [1.82, 2.24) is 19.5 Å². The zero-order valence-electron chi connectivity index (χ0n) is 23.3. The van der Waals surface area contributed by atoms with Gasteiger partial charge in [0.25, 0.3) is 0 Å². The summed E-state index contributed by atoms with van der Waals surface area (Å²) in [4.78, 5) is 38.4. The first kappa shape index (κ1) is 33.2. The van der Waals surface area contributed by atoms with E-state index >= 15 is 0 Å². The number of nitrogen functional groups attached to an aromatic ring is 1. The molecule has 0 spiro atoms. The Morgan fingerprint density at radius 2 is 1.78 bits per heavy atom. The number of nitriles is 1. The van der Waals surface area contributed by atoms with Gasteiger partial charge in [-0.15, -0.1) is 0 Å². The number of hydrogen-bond acceptors (Lipinski definition) is 12. The number of nitrogens with zero attached hydrogens (tertiary/aromatic N) is 5. The number of aromatic nitrogens is 3. The molecule has 2 saturated heterocycles. The lowest BCUT2D eigenvalue weighted by Gasteiger charge is -2.26. The Morgan fingerprint density at radius 1 is 1.12 bits per heavy atom. The van der Waals surface area contributed by atoms with Crippen LogP contribution in [-0.2, 0) is 28.5 Å². The Morgan fingerprint density at radius 3 is 2.41 bits per heavy atom. The molecule has 15 nitrogen and oxygen atoms in total. The average molecular weight is 579 g/mol. The molecule has 15 heteroatoms. The number of carboxylic acids is 2. The van der Waals surface area contributed by atoms with Gasteiger partial charge in [0.1, 0.15) is 31.2 Å². The summed E-state index contributed by atoms with van der Waals surface area (Å²) in [6.45, 7) is 11.1. The van der Waals surface area contributed by atoms with Gasteiger partial charge < -0.3 is 34.9 Å². The summed E-state index contributed by atoms with van der Waals surface area (Å²) in [6.07, 6.45) is 1.86. The van der Waals surface area contributed by atoms with Gasteiger partial charge >= 0.3 is 18.1 Å². The largest absolute Gasteiger partial charge is 0.508 e. The van der Waals surface area contributed by atoms with Crippen molar-refractivity contribution < 1.29 is 43.5 Å². The lowest BCUT2D eigenvalue weighted by molar-refractivity contribution is -0.142. The van der Waals surface area contributed by atoms with Gasteiger partial charge in [-0.25, -0.2) is 19.6 Å². The highest BCUT2D eigenvalue weighted by molar-refractivity contribution is 5.71. The van der Waals surface area contributed by atoms with Gasteiger partial charge in [-0.05, 0) is 30.4 Å². The molecular weight excluding hydrogens is 540 g/mol. The third-order valence-corrected chi connectivity index (χ3v) is 6.33. The normalized spacial score (nSPS) is 18.8. The molecule has 41 heavy (non-hydrogen) atoms. The standard InChI is InChI=1S/C18H25N5O5.C7H12O4.CHN/c19-17-15-3-2-14(23(15)21-12-20-17)16-4-1-13(28-16)11-27-18(24)26-10-7-22-5-8-25-9-6-22;1-7(2,3-5(8)9)4-6(10)11;1-2/h2-3,12-13,16H,1,4-11H2,(H2,19,20,21);3-4H2,1-2H3,(H,8,9)(H,10,11);1H. The van der Waals surface area contributed by atoms with Crippen LogP contribution in [0.15, 0.2) is 18.5 Å². The quantitative estimate of drug-likeness (QED) is 0.345. The highest BCUT2D eigenvalue weighted by Crippen LogP contribution is 2.34. The van der Waals surface area contributed by atoms with E-state index in [0.717, 1.165) is 50.4 Å². The average Bonchev–Trinajstić information content (AvgIpc) is 3.56. The monoisotopic (exact) mass is 578 g/mol. The number of anilines is 1. The van der Waals surface area contributed by atoms with E-state index < -0.39 is 23.5 Å². The van der Waals surface area contributed by atoms with Crippen LogP contribution in [0.25, 0.3) is 5.52 Å². The van der Waals surface area contributed by atoms with E-state index in [0.29, 0.717) is 19.0 Å². The first-order valence-corrected chi connectivity index (χ1v) is 13.1. The molecule has 0 aromatic carbocycles. The predicted octanol–water partition coefficient (Wildman–Crippen LogP) is 2.12. The summed E-state index contributed by atoms with van der Waals surface area (Å²) < 4.78 is 23.4. The van der Waals surface area contributed by atoms with Crippen molar-refractivity contribution in [2.24, 2.45) is 5.41 Å². The molecule has 0 radical (unpaired) electrons. The molecule has 2 unspecified atom stereocenters. The Kier molecular flexibility index (Phi) is 13.2. The van der Waals surface area contributed by atoms with Gasteiger partial charge in [-0.1, -0.05) is 13.8 Å². The van der Waals surface area contributed by atoms with Gasteiger partial charge in [0.15, 0.2) is 5.82 Å². The number of fused-ring (bicyclic) bond motifs is 1. The number of aliphatic carboxylic acids is 2. The van der Waals surface area contributed by atoms with Crippen LogP contribution in [0, 0.1) is 17.2 Å². The Bertz CT molecular complexity index is 1140. The first-order valence-electron chi connectivity index (χ1n) is 13.1. The second kappa shape index (κ2) is 16.3. The molecule has 0 aliphatic carbocycles. The zero-order chi connectivity index (χ0) is 30.4. The Labute approximate surface area is 237 Å². The zero-order valence-corrected chi connectivity index (χ0v) is 23.3. The molecule has 0 bridgehead atoms. The van der Waals surface area contributed by atoms with Crippen molar-refractivity contribution in [1.29, 1.82) is 5.26 Å². The van der Waals surface area contributed by atoms with Crippen LogP contribution >= 0.6 is 0 Å². The van der Waals surface area contributed by atoms with E-state index in [9.17, 15) is 14.4 Å². The van der Waals surface area contributed by atoms with Crippen molar-refractivity contribution in [2.45, 2.75) is 51.7 Å². The lowest BCUT2D eigenvalue weighted by Crippen LogP contribution is -2.38. The van der Waals surface area contributed by atoms with Crippen LogP contribution in [-0.4, -0.2) is 100.0 Å². The minimum atomic E-state index is -0.962. The maximum Gasteiger partial charge on any atom is 0.508 e. The third kappa shape index (κ3) is 11.2. The summed E-state index contributed by atoms with van der Waals surface area (Å²) in [5.41, 5.74) is 6.89. The summed E-state index contributed by atoms with van der Waals surface area (Å²) in [5, 5.41) is 27.5. The number of ether oxygens (including phenoxy) is 4. The number of carboxylic acid groups (broad SMARTS) is 2. The predicted molar refractivity (Wildman–Crippen MR) is 144 cm³/mol. The highest BCUT2D eigenvalue weighted by Gasteiger charge is 2.30. The molecule has 2 atom stereocenters.